The second-order valence-corrected chi connectivity index (χ2v) is 7.04. The minimum absolute atomic E-state index is 0.0917. The molecule has 26 heavy (non-hydrogen) atoms. The third-order valence-corrected chi connectivity index (χ3v) is 5.20. The van der Waals surface area contributed by atoms with Crippen LogP contribution >= 0.6 is 11.6 Å². The molecule has 2 heterocycles. The monoisotopic (exact) mass is 384 g/mol. The van der Waals surface area contributed by atoms with Gasteiger partial charge in [0.2, 0.25) is 5.91 Å². The molecule has 2 saturated heterocycles. The number of piperidine rings is 1. The molecule has 1 aromatic carbocycles. The summed E-state index contributed by atoms with van der Waals surface area (Å²) in [5.41, 5.74) is -0.0917. The van der Waals surface area contributed by atoms with Crippen LogP contribution in [0.3, 0.4) is 0 Å². The third-order valence-electron chi connectivity index (χ3n) is 4.97. The van der Waals surface area contributed by atoms with Gasteiger partial charge in [0.1, 0.15) is 5.82 Å². The molecule has 0 bridgehead atoms. The molecule has 0 saturated carbocycles. The Morgan fingerprint density at radius 2 is 1.81 bits per heavy atom. The zero-order valence-corrected chi connectivity index (χ0v) is 15.1. The average molecular weight is 385 g/mol. The molecule has 2 aliphatic heterocycles. The van der Waals surface area contributed by atoms with Crippen LogP contribution in [0, 0.1) is 11.7 Å². The zero-order chi connectivity index (χ0) is 18.7. The van der Waals surface area contributed by atoms with E-state index in [1.807, 2.05) is 4.90 Å². The van der Waals surface area contributed by atoms with Crippen LogP contribution in [0.4, 0.5) is 4.39 Å². The molecule has 2 aliphatic rings. The van der Waals surface area contributed by atoms with Gasteiger partial charge in [-0.15, -0.1) is 0 Å². The van der Waals surface area contributed by atoms with E-state index in [0.29, 0.717) is 52.2 Å². The van der Waals surface area contributed by atoms with Gasteiger partial charge < -0.3 is 19.6 Å². The summed E-state index contributed by atoms with van der Waals surface area (Å²) in [5.74, 6) is -1.29. The second kappa shape index (κ2) is 8.33. The molecule has 2 fully saturated rings. The average Bonchev–Trinajstić information content (AvgIpc) is 2.67. The molecule has 0 radical (unpaired) electrons. The van der Waals surface area contributed by atoms with Crippen LogP contribution in [0.1, 0.15) is 24.5 Å². The number of aliphatic hydroxyl groups is 1. The first-order valence-electron chi connectivity index (χ1n) is 8.75. The molecule has 6 nitrogen and oxygen atoms in total. The van der Waals surface area contributed by atoms with Gasteiger partial charge in [-0.3, -0.25) is 9.59 Å². The SMILES string of the molecule is O=C(C1CCN(C(=O)C(O)c2ccc(Cl)cc2F)CC1)N1CCOCC1. The van der Waals surface area contributed by atoms with Crippen LogP contribution in [-0.2, 0) is 14.3 Å². The van der Waals surface area contributed by atoms with Gasteiger partial charge in [0, 0.05) is 42.7 Å². The Labute approximate surface area is 156 Å². The summed E-state index contributed by atoms with van der Waals surface area (Å²) in [6, 6.07) is 3.82. The highest BCUT2D eigenvalue weighted by atomic mass is 35.5. The van der Waals surface area contributed by atoms with E-state index in [2.05, 4.69) is 0 Å². The van der Waals surface area contributed by atoms with Crippen molar-refractivity contribution in [1.82, 2.24) is 9.80 Å². The van der Waals surface area contributed by atoms with Gasteiger partial charge in [-0.25, -0.2) is 4.39 Å². The summed E-state index contributed by atoms with van der Waals surface area (Å²) < 4.78 is 19.2. The minimum atomic E-state index is -1.57. The van der Waals surface area contributed by atoms with Crippen molar-refractivity contribution in [3.63, 3.8) is 0 Å². The van der Waals surface area contributed by atoms with Gasteiger partial charge in [0.05, 0.1) is 13.2 Å². The quantitative estimate of drug-likeness (QED) is 0.859. The highest BCUT2D eigenvalue weighted by Gasteiger charge is 2.33. The fourth-order valence-electron chi connectivity index (χ4n) is 3.42. The fourth-order valence-corrected chi connectivity index (χ4v) is 3.58. The standard InChI is InChI=1S/C18H22ClFN2O4/c19-13-1-2-14(15(20)11-13)16(23)18(25)21-5-3-12(4-6-21)17(24)22-7-9-26-10-8-22/h1-2,11-12,16,23H,3-10H2. The van der Waals surface area contributed by atoms with Crippen molar-refractivity contribution >= 4 is 23.4 Å². The number of rotatable bonds is 3. The van der Waals surface area contributed by atoms with Gasteiger partial charge in [-0.1, -0.05) is 17.7 Å². The van der Waals surface area contributed by atoms with E-state index in [1.54, 1.807) is 0 Å². The number of ether oxygens (including phenoxy) is 1. The van der Waals surface area contributed by atoms with Crippen LogP contribution < -0.4 is 0 Å². The summed E-state index contributed by atoms with van der Waals surface area (Å²) in [7, 11) is 0. The molecule has 8 heteroatoms. The van der Waals surface area contributed by atoms with Gasteiger partial charge in [-0.2, -0.15) is 0 Å². The molecule has 1 unspecified atom stereocenters. The van der Waals surface area contributed by atoms with E-state index in [0.717, 1.165) is 6.07 Å². The van der Waals surface area contributed by atoms with E-state index in [-0.39, 0.29) is 22.4 Å². The van der Waals surface area contributed by atoms with E-state index in [4.69, 9.17) is 16.3 Å². The largest absolute Gasteiger partial charge is 0.378 e. The molecule has 142 valence electrons. The summed E-state index contributed by atoms with van der Waals surface area (Å²) in [6.45, 7) is 3.06. The summed E-state index contributed by atoms with van der Waals surface area (Å²) in [4.78, 5) is 28.3. The maximum atomic E-state index is 13.9. The topological polar surface area (TPSA) is 70.1 Å². The van der Waals surface area contributed by atoms with Crippen molar-refractivity contribution in [2.24, 2.45) is 5.92 Å². The number of carbonyl (C=O) groups is 2. The van der Waals surface area contributed by atoms with Gasteiger partial charge in [0.15, 0.2) is 6.10 Å². The van der Waals surface area contributed by atoms with Crippen LogP contribution in [0.25, 0.3) is 0 Å². The molecule has 3 rings (SSSR count). The number of morpholine rings is 1. The first-order chi connectivity index (χ1) is 12.5. The molecule has 0 spiro atoms. The summed E-state index contributed by atoms with van der Waals surface area (Å²) in [5, 5.41) is 10.4. The molecule has 1 aromatic rings. The van der Waals surface area contributed by atoms with Crippen molar-refractivity contribution in [2.75, 3.05) is 39.4 Å². The molecule has 2 amide bonds. The molecule has 0 aromatic heterocycles. The number of likely N-dealkylation sites (tertiary alicyclic amines) is 1. The molecule has 1 atom stereocenters. The van der Waals surface area contributed by atoms with Crippen LogP contribution in [0.2, 0.25) is 5.02 Å². The smallest absolute Gasteiger partial charge is 0.256 e. The molecular formula is C18H22ClFN2O4. The van der Waals surface area contributed by atoms with Crippen molar-refractivity contribution in [1.29, 1.82) is 0 Å². The lowest BCUT2D eigenvalue weighted by Crippen LogP contribution is -2.48. The summed E-state index contributed by atoms with van der Waals surface area (Å²) >= 11 is 5.70. The normalized spacial score (nSPS) is 20.1. The van der Waals surface area contributed by atoms with Gasteiger partial charge in [-0.05, 0) is 25.0 Å². The Morgan fingerprint density at radius 3 is 2.42 bits per heavy atom. The Hall–Kier alpha value is -1.70. The number of amides is 2. The first-order valence-corrected chi connectivity index (χ1v) is 9.13. The van der Waals surface area contributed by atoms with E-state index < -0.39 is 17.8 Å². The highest BCUT2D eigenvalue weighted by molar-refractivity contribution is 6.30. The van der Waals surface area contributed by atoms with Crippen LogP contribution in [0.5, 0.6) is 0 Å². The van der Waals surface area contributed by atoms with E-state index in [1.165, 1.54) is 17.0 Å². The number of aliphatic hydroxyl groups excluding tert-OH is 1. The Kier molecular flexibility index (Phi) is 6.11. The summed E-state index contributed by atoms with van der Waals surface area (Å²) in [6.07, 6.45) is -0.492. The van der Waals surface area contributed by atoms with Crippen molar-refractivity contribution < 1.29 is 23.8 Å². The number of hydrogen-bond donors (Lipinski definition) is 1. The van der Waals surface area contributed by atoms with Gasteiger partial charge >= 0.3 is 0 Å². The highest BCUT2D eigenvalue weighted by Crippen LogP contribution is 2.26. The molecule has 1 N–H and O–H groups in total. The number of benzene rings is 1. The maximum Gasteiger partial charge on any atom is 0.256 e. The predicted octanol–water partition coefficient (Wildman–Crippen LogP) is 1.61. The zero-order valence-electron chi connectivity index (χ0n) is 14.4. The maximum absolute atomic E-state index is 13.9. The first kappa shape index (κ1) is 19.1. The second-order valence-electron chi connectivity index (χ2n) is 6.61. The minimum Gasteiger partial charge on any atom is -0.378 e. The van der Waals surface area contributed by atoms with Crippen LogP contribution in [-0.4, -0.2) is 66.1 Å². The fraction of sp³-hybridized carbons (Fsp3) is 0.556. The number of nitrogens with zero attached hydrogens (tertiary/aromatic N) is 2. The third kappa shape index (κ3) is 4.16. The van der Waals surface area contributed by atoms with Gasteiger partial charge in [0.25, 0.3) is 5.91 Å². The van der Waals surface area contributed by atoms with Crippen LogP contribution in [0.15, 0.2) is 18.2 Å². The molecular weight excluding hydrogens is 363 g/mol. The van der Waals surface area contributed by atoms with Crippen molar-refractivity contribution in [3.05, 3.63) is 34.6 Å². The Morgan fingerprint density at radius 1 is 1.15 bits per heavy atom. The Bertz CT molecular complexity index is 673. The molecule has 0 aliphatic carbocycles. The number of hydrogen-bond acceptors (Lipinski definition) is 4. The lowest BCUT2D eigenvalue weighted by Gasteiger charge is -2.36. The lowest BCUT2D eigenvalue weighted by atomic mass is 9.94. The number of carbonyl (C=O) groups excluding carboxylic acids is 2. The Balaban J connectivity index is 1.56. The van der Waals surface area contributed by atoms with E-state index >= 15 is 0 Å². The van der Waals surface area contributed by atoms with Crippen molar-refractivity contribution in [3.8, 4) is 0 Å². The number of halogens is 2. The lowest BCUT2D eigenvalue weighted by molar-refractivity contribution is -0.147. The predicted molar refractivity (Wildman–Crippen MR) is 93.1 cm³/mol. The van der Waals surface area contributed by atoms with Crippen molar-refractivity contribution in [2.45, 2.75) is 18.9 Å². The van der Waals surface area contributed by atoms with E-state index in [9.17, 15) is 19.1 Å².